The zero-order chi connectivity index (χ0) is 18.1. The summed E-state index contributed by atoms with van der Waals surface area (Å²) in [4.78, 5) is 39.4. The van der Waals surface area contributed by atoms with Crippen LogP contribution < -0.4 is 5.32 Å². The molecule has 2 saturated heterocycles. The number of tetrazole rings is 1. The Bertz CT molecular complexity index is 827. The molecule has 2 aliphatic heterocycles. The second-order valence-corrected chi connectivity index (χ2v) is 6.25. The smallest absolute Gasteiger partial charge is 0.324 e. The average molecular weight is 355 g/mol. The van der Waals surface area contributed by atoms with Crippen molar-refractivity contribution in [3.8, 4) is 5.69 Å². The lowest BCUT2D eigenvalue weighted by Crippen LogP contribution is -2.49. The van der Waals surface area contributed by atoms with Crippen LogP contribution in [0, 0.1) is 0 Å². The van der Waals surface area contributed by atoms with Gasteiger partial charge in [0.1, 0.15) is 6.33 Å². The van der Waals surface area contributed by atoms with E-state index in [0.717, 1.165) is 0 Å². The maximum absolute atomic E-state index is 12.8. The highest BCUT2D eigenvalue weighted by Crippen LogP contribution is 2.21. The fraction of sp³-hybridized carbons (Fsp3) is 0.375. The van der Waals surface area contributed by atoms with Gasteiger partial charge in [-0.25, -0.2) is 9.48 Å². The summed E-state index contributed by atoms with van der Waals surface area (Å²) in [7, 11) is 0. The van der Waals surface area contributed by atoms with Crippen molar-refractivity contribution < 1.29 is 14.4 Å². The number of hydrogen-bond acceptors (Lipinski definition) is 6. The van der Waals surface area contributed by atoms with Crippen molar-refractivity contribution >= 4 is 17.8 Å². The number of amides is 4. The van der Waals surface area contributed by atoms with Crippen LogP contribution in [0.4, 0.5) is 4.79 Å². The highest BCUT2D eigenvalue weighted by molar-refractivity contribution is 6.02. The number of imide groups is 1. The molecule has 0 bridgehead atoms. The van der Waals surface area contributed by atoms with Crippen LogP contribution in [0.15, 0.2) is 30.6 Å². The fourth-order valence-electron chi connectivity index (χ4n) is 3.38. The van der Waals surface area contributed by atoms with Crippen LogP contribution in [-0.4, -0.2) is 73.5 Å². The Kier molecular flexibility index (Phi) is 4.07. The van der Waals surface area contributed by atoms with E-state index in [-0.39, 0.29) is 30.4 Å². The second-order valence-electron chi connectivity index (χ2n) is 6.25. The van der Waals surface area contributed by atoms with Crippen molar-refractivity contribution in [1.82, 2.24) is 35.3 Å². The molecule has 2 fully saturated rings. The molecule has 1 aromatic carbocycles. The Morgan fingerprint density at radius 3 is 2.65 bits per heavy atom. The standard InChI is InChI=1S/C16H17N7O3/c24-14-9-17-16(26)23(14)12-4-6-21(7-5-12)15(25)11-2-1-3-13(8-11)22-10-18-19-20-22/h1-3,8,10,12H,4-7,9H2,(H,17,26). The summed E-state index contributed by atoms with van der Waals surface area (Å²) < 4.78 is 1.49. The average Bonchev–Trinajstić information content (AvgIpc) is 3.32. The Morgan fingerprint density at radius 2 is 2.00 bits per heavy atom. The molecule has 1 N–H and O–H groups in total. The fourth-order valence-corrected chi connectivity index (χ4v) is 3.38. The molecule has 10 heteroatoms. The third-order valence-corrected chi connectivity index (χ3v) is 4.70. The van der Waals surface area contributed by atoms with Gasteiger partial charge in [0.2, 0.25) is 5.91 Å². The highest BCUT2D eigenvalue weighted by Gasteiger charge is 2.37. The normalized spacial score (nSPS) is 18.3. The zero-order valence-electron chi connectivity index (χ0n) is 13.9. The summed E-state index contributed by atoms with van der Waals surface area (Å²) in [6, 6.07) is 6.60. The maximum Gasteiger partial charge on any atom is 0.324 e. The van der Waals surface area contributed by atoms with Crippen LogP contribution >= 0.6 is 0 Å². The molecule has 0 unspecified atom stereocenters. The number of nitrogens with zero attached hydrogens (tertiary/aromatic N) is 6. The molecule has 2 aromatic rings. The second kappa shape index (κ2) is 6.54. The number of aromatic nitrogens is 4. The molecule has 10 nitrogen and oxygen atoms in total. The molecule has 2 aliphatic rings. The van der Waals surface area contributed by atoms with E-state index < -0.39 is 0 Å². The van der Waals surface area contributed by atoms with E-state index in [0.29, 0.717) is 37.2 Å². The van der Waals surface area contributed by atoms with Gasteiger partial charge in [-0.15, -0.1) is 5.10 Å². The summed E-state index contributed by atoms with van der Waals surface area (Å²) in [5.74, 6) is -0.288. The molecule has 0 spiro atoms. The number of piperidine rings is 1. The van der Waals surface area contributed by atoms with Gasteiger partial charge in [-0.05, 0) is 41.5 Å². The van der Waals surface area contributed by atoms with Crippen LogP contribution in [-0.2, 0) is 4.79 Å². The quantitative estimate of drug-likeness (QED) is 0.764. The topological polar surface area (TPSA) is 113 Å². The molecule has 4 rings (SSSR count). The van der Waals surface area contributed by atoms with E-state index in [2.05, 4.69) is 20.8 Å². The van der Waals surface area contributed by atoms with E-state index in [1.165, 1.54) is 15.9 Å². The van der Waals surface area contributed by atoms with Crippen LogP contribution in [0.1, 0.15) is 23.2 Å². The van der Waals surface area contributed by atoms with Crippen LogP contribution in [0.5, 0.6) is 0 Å². The van der Waals surface area contributed by atoms with E-state index >= 15 is 0 Å². The minimum atomic E-state index is -0.339. The first kappa shape index (κ1) is 16.2. The number of rotatable bonds is 3. The van der Waals surface area contributed by atoms with Crippen molar-refractivity contribution in [2.75, 3.05) is 19.6 Å². The van der Waals surface area contributed by atoms with Crippen molar-refractivity contribution in [3.05, 3.63) is 36.2 Å². The van der Waals surface area contributed by atoms with Gasteiger partial charge in [0, 0.05) is 24.7 Å². The molecular weight excluding hydrogens is 338 g/mol. The lowest BCUT2D eigenvalue weighted by Gasteiger charge is -2.35. The molecule has 3 heterocycles. The van der Waals surface area contributed by atoms with E-state index in [1.807, 2.05) is 6.07 Å². The Morgan fingerprint density at radius 1 is 1.19 bits per heavy atom. The predicted octanol–water partition coefficient (Wildman–Crippen LogP) is -0.181. The van der Waals surface area contributed by atoms with Crippen molar-refractivity contribution in [1.29, 1.82) is 0 Å². The molecule has 1 aromatic heterocycles. The monoisotopic (exact) mass is 355 g/mol. The molecule has 0 atom stereocenters. The maximum atomic E-state index is 12.8. The van der Waals surface area contributed by atoms with Crippen molar-refractivity contribution in [2.45, 2.75) is 18.9 Å². The molecule has 4 amide bonds. The van der Waals surface area contributed by atoms with Gasteiger partial charge in [-0.3, -0.25) is 14.5 Å². The third-order valence-electron chi connectivity index (χ3n) is 4.70. The summed E-state index contributed by atoms with van der Waals surface area (Å²) in [6.07, 6.45) is 2.63. The highest BCUT2D eigenvalue weighted by atomic mass is 16.2. The summed E-state index contributed by atoms with van der Waals surface area (Å²) in [5.41, 5.74) is 1.25. The first-order valence-electron chi connectivity index (χ1n) is 8.36. The predicted molar refractivity (Wildman–Crippen MR) is 88.3 cm³/mol. The Balaban J connectivity index is 1.43. The number of benzene rings is 1. The minimum absolute atomic E-state index is 0.0575. The van der Waals surface area contributed by atoms with Gasteiger partial charge in [-0.2, -0.15) is 0 Å². The third kappa shape index (κ3) is 2.89. The molecule has 0 aliphatic carbocycles. The first-order valence-corrected chi connectivity index (χ1v) is 8.36. The first-order chi connectivity index (χ1) is 12.6. The van der Waals surface area contributed by atoms with E-state index in [4.69, 9.17) is 0 Å². The van der Waals surface area contributed by atoms with E-state index in [1.54, 1.807) is 23.1 Å². The lowest BCUT2D eigenvalue weighted by molar-refractivity contribution is -0.127. The van der Waals surface area contributed by atoms with Crippen LogP contribution in [0.2, 0.25) is 0 Å². The Hall–Kier alpha value is -3.30. The van der Waals surface area contributed by atoms with Crippen molar-refractivity contribution in [3.63, 3.8) is 0 Å². The molecular formula is C16H17N7O3. The van der Waals surface area contributed by atoms with Gasteiger partial charge in [0.25, 0.3) is 5.91 Å². The number of carbonyl (C=O) groups excluding carboxylic acids is 3. The number of urea groups is 1. The molecule has 0 radical (unpaired) electrons. The minimum Gasteiger partial charge on any atom is -0.338 e. The Labute approximate surface area is 148 Å². The summed E-state index contributed by atoms with van der Waals surface area (Å²) in [6.45, 7) is 1.05. The number of nitrogens with one attached hydrogen (secondary N) is 1. The number of hydrogen-bond donors (Lipinski definition) is 1. The lowest BCUT2D eigenvalue weighted by atomic mass is 10.0. The SMILES string of the molecule is O=C(c1cccc(-n2cnnn2)c1)N1CCC(N2C(=O)CNC2=O)CC1. The zero-order valence-corrected chi connectivity index (χ0v) is 13.9. The summed E-state index contributed by atoms with van der Waals surface area (Å²) >= 11 is 0. The van der Waals surface area contributed by atoms with Crippen LogP contribution in [0.3, 0.4) is 0 Å². The van der Waals surface area contributed by atoms with Gasteiger partial charge in [-0.1, -0.05) is 6.07 Å². The number of carbonyl (C=O) groups is 3. The van der Waals surface area contributed by atoms with E-state index in [9.17, 15) is 14.4 Å². The van der Waals surface area contributed by atoms with Crippen LogP contribution in [0.25, 0.3) is 5.69 Å². The molecule has 26 heavy (non-hydrogen) atoms. The van der Waals surface area contributed by atoms with Gasteiger partial charge in [0.05, 0.1) is 12.2 Å². The van der Waals surface area contributed by atoms with Gasteiger partial charge < -0.3 is 10.2 Å². The summed E-state index contributed by atoms with van der Waals surface area (Å²) in [5, 5.41) is 13.5. The van der Waals surface area contributed by atoms with Crippen molar-refractivity contribution in [2.24, 2.45) is 0 Å². The number of likely N-dealkylation sites (tertiary alicyclic amines) is 1. The molecule has 134 valence electrons. The van der Waals surface area contributed by atoms with Gasteiger partial charge >= 0.3 is 6.03 Å². The van der Waals surface area contributed by atoms with Gasteiger partial charge in [0.15, 0.2) is 0 Å². The largest absolute Gasteiger partial charge is 0.338 e. The molecule has 0 saturated carbocycles.